The average Bonchev–Trinajstić information content (AvgIpc) is 3.22. The van der Waals surface area contributed by atoms with E-state index in [4.69, 9.17) is 33.0 Å². The number of hydrogen-bond donors (Lipinski definition) is 1. The van der Waals surface area contributed by atoms with E-state index in [0.717, 1.165) is 37.4 Å². The molecule has 6 heteroatoms. The number of ether oxygens (including phenoxy) is 1. The quantitative estimate of drug-likeness (QED) is 0.813. The second-order valence-electron chi connectivity index (χ2n) is 5.50. The van der Waals surface area contributed by atoms with Gasteiger partial charge in [-0.05, 0) is 49.3 Å². The van der Waals surface area contributed by atoms with Crippen LogP contribution < -0.4 is 5.32 Å². The molecule has 1 atom stereocenters. The number of rotatable bonds is 5. The lowest BCUT2D eigenvalue weighted by atomic mass is 10.2. The summed E-state index contributed by atoms with van der Waals surface area (Å²) in [7, 11) is 0. The second-order valence-corrected chi connectivity index (χ2v) is 6.30. The highest BCUT2D eigenvalue weighted by Gasteiger charge is 2.22. The molecule has 0 saturated carbocycles. The van der Waals surface area contributed by atoms with E-state index in [0.29, 0.717) is 16.7 Å². The van der Waals surface area contributed by atoms with Gasteiger partial charge in [-0.1, -0.05) is 23.7 Å². The number of anilines is 1. The summed E-state index contributed by atoms with van der Waals surface area (Å²) in [5.41, 5.74) is 0.802. The molecule has 1 unspecified atom stereocenters. The van der Waals surface area contributed by atoms with Gasteiger partial charge in [-0.3, -0.25) is 0 Å². The summed E-state index contributed by atoms with van der Waals surface area (Å²) in [6.07, 6.45) is 4.04. The lowest BCUT2D eigenvalue weighted by molar-refractivity contribution is 0.0892. The van der Waals surface area contributed by atoms with Gasteiger partial charge in [0.2, 0.25) is 0 Å². The largest absolute Gasteiger partial charge is 0.467 e. The van der Waals surface area contributed by atoms with Gasteiger partial charge in [0, 0.05) is 13.2 Å². The third-order valence-corrected chi connectivity index (χ3v) is 4.47. The smallest absolute Gasteiger partial charge is 0.173 e. The molecular formula is C17H19ClN2O2S. The number of nitrogens with zero attached hydrogens (tertiary/aromatic N) is 1. The fourth-order valence-corrected chi connectivity index (χ4v) is 3.03. The summed E-state index contributed by atoms with van der Waals surface area (Å²) < 4.78 is 11.2. The maximum Gasteiger partial charge on any atom is 0.173 e. The van der Waals surface area contributed by atoms with Crippen LogP contribution >= 0.6 is 23.8 Å². The van der Waals surface area contributed by atoms with Crippen molar-refractivity contribution in [2.45, 2.75) is 25.5 Å². The summed E-state index contributed by atoms with van der Waals surface area (Å²) in [5, 5.41) is 4.48. The molecule has 1 fully saturated rings. The molecule has 2 aromatic rings. The maximum atomic E-state index is 6.20. The van der Waals surface area contributed by atoms with E-state index in [1.807, 2.05) is 36.4 Å². The van der Waals surface area contributed by atoms with Crippen LogP contribution in [0.1, 0.15) is 18.6 Å². The van der Waals surface area contributed by atoms with Gasteiger partial charge in [-0.15, -0.1) is 0 Å². The molecule has 3 rings (SSSR count). The van der Waals surface area contributed by atoms with Crippen LogP contribution in [0.3, 0.4) is 0 Å². The minimum atomic E-state index is 0.205. The third kappa shape index (κ3) is 4.47. The van der Waals surface area contributed by atoms with Crippen molar-refractivity contribution in [3.8, 4) is 0 Å². The summed E-state index contributed by atoms with van der Waals surface area (Å²) >= 11 is 11.8. The minimum Gasteiger partial charge on any atom is -0.467 e. The van der Waals surface area contributed by atoms with Gasteiger partial charge in [0.15, 0.2) is 5.11 Å². The molecule has 1 saturated heterocycles. The summed E-state index contributed by atoms with van der Waals surface area (Å²) in [4.78, 5) is 2.06. The first-order valence-corrected chi connectivity index (χ1v) is 8.45. The van der Waals surface area contributed by atoms with Crippen molar-refractivity contribution in [2.24, 2.45) is 0 Å². The highest BCUT2D eigenvalue weighted by Crippen LogP contribution is 2.22. The Kier molecular flexibility index (Phi) is 5.54. The van der Waals surface area contributed by atoms with Crippen molar-refractivity contribution in [3.63, 3.8) is 0 Å². The van der Waals surface area contributed by atoms with Crippen LogP contribution in [0.5, 0.6) is 0 Å². The van der Waals surface area contributed by atoms with Gasteiger partial charge < -0.3 is 19.4 Å². The number of nitrogens with one attached hydrogen (secondary N) is 1. The number of furan rings is 1. The highest BCUT2D eigenvalue weighted by molar-refractivity contribution is 7.80. The monoisotopic (exact) mass is 350 g/mol. The zero-order valence-corrected chi connectivity index (χ0v) is 14.3. The SMILES string of the molecule is S=C(Nc1ccccc1Cl)N(Cc1ccco1)CC1CCCO1. The Hall–Kier alpha value is -1.56. The first kappa shape index (κ1) is 16.3. The Labute approximate surface area is 146 Å². The number of para-hydroxylation sites is 1. The van der Waals surface area contributed by atoms with Gasteiger partial charge in [-0.25, -0.2) is 0 Å². The van der Waals surface area contributed by atoms with Crippen LogP contribution in [0.4, 0.5) is 5.69 Å². The van der Waals surface area contributed by atoms with Crippen LogP contribution in [0.25, 0.3) is 0 Å². The summed E-state index contributed by atoms with van der Waals surface area (Å²) in [5.74, 6) is 0.867. The number of halogens is 1. The first-order valence-electron chi connectivity index (χ1n) is 7.67. The van der Waals surface area contributed by atoms with E-state index in [1.54, 1.807) is 6.26 Å². The molecule has 0 bridgehead atoms. The standard InChI is InChI=1S/C17H19ClN2O2S/c18-15-7-1-2-8-16(15)19-17(23)20(11-13-5-3-9-21-13)12-14-6-4-10-22-14/h1-3,5,7-9,14H,4,6,10-12H2,(H,19,23). The highest BCUT2D eigenvalue weighted by atomic mass is 35.5. The maximum absolute atomic E-state index is 6.20. The molecule has 0 amide bonds. The Morgan fingerprint density at radius 2 is 2.17 bits per heavy atom. The lowest BCUT2D eigenvalue weighted by Gasteiger charge is -2.27. The van der Waals surface area contributed by atoms with Gasteiger partial charge in [0.1, 0.15) is 5.76 Å². The van der Waals surface area contributed by atoms with E-state index in [9.17, 15) is 0 Å². The Balaban J connectivity index is 1.70. The normalized spacial score (nSPS) is 17.2. The third-order valence-electron chi connectivity index (χ3n) is 3.78. The van der Waals surface area contributed by atoms with Crippen LogP contribution in [0.15, 0.2) is 47.1 Å². The molecule has 2 heterocycles. The molecule has 0 spiro atoms. The first-order chi connectivity index (χ1) is 11.2. The molecule has 23 heavy (non-hydrogen) atoms. The molecular weight excluding hydrogens is 332 g/mol. The average molecular weight is 351 g/mol. The molecule has 1 aromatic carbocycles. The molecule has 0 radical (unpaired) electrons. The summed E-state index contributed by atoms with van der Waals surface area (Å²) in [6.45, 7) is 2.16. The lowest BCUT2D eigenvalue weighted by Crippen LogP contribution is -2.39. The molecule has 122 valence electrons. The fourth-order valence-electron chi connectivity index (χ4n) is 2.60. The van der Waals surface area contributed by atoms with Crippen LogP contribution in [-0.4, -0.2) is 29.3 Å². The van der Waals surface area contributed by atoms with Crippen LogP contribution in [-0.2, 0) is 11.3 Å². The fraction of sp³-hybridized carbons (Fsp3) is 0.353. The van der Waals surface area contributed by atoms with Crippen LogP contribution in [0.2, 0.25) is 5.02 Å². The zero-order valence-electron chi connectivity index (χ0n) is 12.7. The number of thiocarbonyl (C=S) groups is 1. The topological polar surface area (TPSA) is 37.6 Å². The zero-order chi connectivity index (χ0) is 16.1. The predicted octanol–water partition coefficient (Wildman–Crippen LogP) is 4.31. The molecule has 1 aliphatic rings. The van der Waals surface area contributed by atoms with Crippen LogP contribution in [0, 0.1) is 0 Å². The van der Waals surface area contributed by atoms with E-state index in [2.05, 4.69) is 10.2 Å². The Bertz CT molecular complexity index is 642. The van der Waals surface area contributed by atoms with Crippen molar-refractivity contribution in [1.82, 2.24) is 4.90 Å². The van der Waals surface area contributed by atoms with E-state index >= 15 is 0 Å². The van der Waals surface area contributed by atoms with Crippen molar-refractivity contribution in [1.29, 1.82) is 0 Å². The molecule has 1 N–H and O–H groups in total. The minimum absolute atomic E-state index is 0.205. The predicted molar refractivity (Wildman–Crippen MR) is 95.8 cm³/mol. The van der Waals surface area contributed by atoms with Crippen molar-refractivity contribution in [2.75, 3.05) is 18.5 Å². The molecule has 0 aliphatic carbocycles. The summed E-state index contributed by atoms with van der Waals surface area (Å²) in [6, 6.07) is 11.4. The van der Waals surface area contributed by atoms with E-state index in [1.165, 1.54) is 0 Å². The molecule has 4 nitrogen and oxygen atoms in total. The second kappa shape index (κ2) is 7.81. The Morgan fingerprint density at radius 1 is 1.30 bits per heavy atom. The Morgan fingerprint density at radius 3 is 2.87 bits per heavy atom. The van der Waals surface area contributed by atoms with Crippen molar-refractivity contribution >= 4 is 34.6 Å². The molecule has 1 aromatic heterocycles. The van der Waals surface area contributed by atoms with Gasteiger partial charge in [-0.2, -0.15) is 0 Å². The van der Waals surface area contributed by atoms with E-state index in [-0.39, 0.29) is 6.10 Å². The number of hydrogen-bond acceptors (Lipinski definition) is 3. The van der Waals surface area contributed by atoms with Gasteiger partial charge in [0.05, 0.1) is 29.6 Å². The van der Waals surface area contributed by atoms with Gasteiger partial charge in [0.25, 0.3) is 0 Å². The van der Waals surface area contributed by atoms with Gasteiger partial charge >= 0.3 is 0 Å². The van der Waals surface area contributed by atoms with Crippen molar-refractivity contribution in [3.05, 3.63) is 53.4 Å². The van der Waals surface area contributed by atoms with Crippen molar-refractivity contribution < 1.29 is 9.15 Å². The molecule has 1 aliphatic heterocycles. The van der Waals surface area contributed by atoms with E-state index < -0.39 is 0 Å². The number of benzene rings is 1.